The Balaban J connectivity index is 0.000000487. The van der Waals surface area contributed by atoms with Crippen LogP contribution in [0.15, 0.2) is 29.2 Å². The largest absolute Gasteiger partial charge is 0.395 e. The molecular weight excluding hydrogens is 230 g/mol. The molecular formula is C10H17NO4S. The Kier molecular flexibility index (Phi) is 6.91. The smallest absolute Gasteiger partial charge is 0.294 e. The lowest BCUT2D eigenvalue weighted by Gasteiger charge is -1.97. The van der Waals surface area contributed by atoms with E-state index in [1.807, 2.05) is 6.92 Å². The summed E-state index contributed by atoms with van der Waals surface area (Å²) < 4.78 is 29.8. The predicted molar refractivity (Wildman–Crippen MR) is 61.8 cm³/mol. The molecule has 6 heteroatoms. The van der Waals surface area contributed by atoms with Crippen molar-refractivity contribution >= 4 is 10.1 Å². The molecule has 0 aliphatic carbocycles. The fourth-order valence-corrected chi connectivity index (χ4v) is 1.38. The lowest BCUT2D eigenvalue weighted by atomic mass is 10.2. The number of hydrogen-bond donors (Lipinski definition) is 3. The van der Waals surface area contributed by atoms with Gasteiger partial charge in [0.25, 0.3) is 10.1 Å². The quantitative estimate of drug-likeness (QED) is 0.673. The summed E-state index contributed by atoms with van der Waals surface area (Å²) >= 11 is 0. The Hall–Kier alpha value is -0.950. The monoisotopic (exact) mass is 247 g/mol. The minimum absolute atomic E-state index is 0.0558. The van der Waals surface area contributed by atoms with Crippen molar-refractivity contribution in [2.24, 2.45) is 5.73 Å². The summed E-state index contributed by atoms with van der Waals surface area (Å²) in [4.78, 5) is -0.0558. The third-order valence-electron chi connectivity index (χ3n) is 1.76. The van der Waals surface area contributed by atoms with Gasteiger partial charge >= 0.3 is 0 Å². The fraction of sp³-hybridized carbons (Fsp3) is 0.400. The van der Waals surface area contributed by atoms with E-state index in [-0.39, 0.29) is 11.5 Å². The third kappa shape index (κ3) is 5.82. The minimum Gasteiger partial charge on any atom is -0.395 e. The van der Waals surface area contributed by atoms with Gasteiger partial charge in [0.1, 0.15) is 0 Å². The molecule has 1 rings (SSSR count). The number of benzene rings is 1. The van der Waals surface area contributed by atoms with E-state index in [4.69, 9.17) is 15.4 Å². The summed E-state index contributed by atoms with van der Waals surface area (Å²) in [6, 6.07) is 6.16. The SMILES string of the molecule is CCc1ccc(S(=O)(=O)O)cc1.NCCO. The van der Waals surface area contributed by atoms with Gasteiger partial charge in [-0.1, -0.05) is 19.1 Å². The maximum Gasteiger partial charge on any atom is 0.294 e. The van der Waals surface area contributed by atoms with Crippen LogP contribution in [0.4, 0.5) is 0 Å². The summed E-state index contributed by atoms with van der Waals surface area (Å²) in [5.74, 6) is 0. The average molecular weight is 247 g/mol. The van der Waals surface area contributed by atoms with Crippen LogP contribution < -0.4 is 5.73 Å². The molecule has 5 nitrogen and oxygen atoms in total. The van der Waals surface area contributed by atoms with Crippen molar-refractivity contribution in [3.05, 3.63) is 29.8 Å². The van der Waals surface area contributed by atoms with E-state index < -0.39 is 10.1 Å². The Labute approximate surface area is 95.7 Å². The van der Waals surface area contributed by atoms with E-state index in [0.29, 0.717) is 6.54 Å². The van der Waals surface area contributed by atoms with Gasteiger partial charge < -0.3 is 10.8 Å². The molecule has 16 heavy (non-hydrogen) atoms. The summed E-state index contributed by atoms with van der Waals surface area (Å²) in [6.45, 7) is 2.45. The maximum atomic E-state index is 10.6. The Morgan fingerprint density at radius 3 is 1.94 bits per heavy atom. The second-order valence-corrected chi connectivity index (χ2v) is 4.41. The highest BCUT2D eigenvalue weighted by Gasteiger charge is 2.07. The molecule has 0 aliphatic heterocycles. The predicted octanol–water partition coefficient (Wildman–Crippen LogP) is 0.433. The number of hydrogen-bond acceptors (Lipinski definition) is 4. The first kappa shape index (κ1) is 15.0. The molecule has 0 atom stereocenters. The van der Waals surface area contributed by atoms with Crippen LogP contribution in [0.25, 0.3) is 0 Å². The van der Waals surface area contributed by atoms with Crippen LogP contribution >= 0.6 is 0 Å². The van der Waals surface area contributed by atoms with Crippen LogP contribution in [0.5, 0.6) is 0 Å². The van der Waals surface area contributed by atoms with Gasteiger partial charge in [-0.2, -0.15) is 8.42 Å². The molecule has 1 aromatic rings. The van der Waals surface area contributed by atoms with Gasteiger partial charge in [-0.15, -0.1) is 0 Å². The standard InChI is InChI=1S/C8H10O3S.C2H7NO/c1-2-7-3-5-8(6-4-7)12(9,10)11;3-1-2-4/h3-6H,2H2,1H3,(H,9,10,11);4H,1-3H2. The molecule has 1 aromatic carbocycles. The lowest BCUT2D eigenvalue weighted by molar-refractivity contribution is 0.306. The van der Waals surface area contributed by atoms with E-state index in [9.17, 15) is 8.42 Å². The van der Waals surface area contributed by atoms with Crippen molar-refractivity contribution in [2.75, 3.05) is 13.2 Å². The second-order valence-electron chi connectivity index (χ2n) is 2.98. The number of aliphatic hydroxyl groups is 1. The first-order chi connectivity index (χ1) is 7.45. The molecule has 0 aromatic heterocycles. The Morgan fingerprint density at radius 1 is 1.25 bits per heavy atom. The number of rotatable bonds is 3. The number of aryl methyl sites for hydroxylation is 1. The second kappa shape index (κ2) is 7.34. The van der Waals surface area contributed by atoms with Crippen LogP contribution in [0.1, 0.15) is 12.5 Å². The van der Waals surface area contributed by atoms with Crippen molar-refractivity contribution < 1.29 is 18.1 Å². The zero-order chi connectivity index (χ0) is 12.6. The molecule has 0 fully saturated rings. The van der Waals surface area contributed by atoms with Crippen molar-refractivity contribution in [3.8, 4) is 0 Å². The highest BCUT2D eigenvalue weighted by molar-refractivity contribution is 7.85. The van der Waals surface area contributed by atoms with Crippen molar-refractivity contribution in [2.45, 2.75) is 18.2 Å². The Bertz CT molecular complexity index is 384. The first-order valence-corrected chi connectivity index (χ1v) is 6.27. The fourth-order valence-electron chi connectivity index (χ4n) is 0.897. The molecule has 0 amide bonds. The van der Waals surface area contributed by atoms with Crippen molar-refractivity contribution in [1.82, 2.24) is 0 Å². The molecule has 0 unspecified atom stereocenters. The Morgan fingerprint density at radius 2 is 1.69 bits per heavy atom. The summed E-state index contributed by atoms with van der Waals surface area (Å²) in [5.41, 5.74) is 5.82. The molecule has 0 bridgehead atoms. The van der Waals surface area contributed by atoms with Crippen LogP contribution in [0.2, 0.25) is 0 Å². The highest BCUT2D eigenvalue weighted by Crippen LogP contribution is 2.09. The van der Waals surface area contributed by atoms with Gasteiger partial charge in [-0.05, 0) is 24.1 Å². The zero-order valence-electron chi connectivity index (χ0n) is 9.13. The van der Waals surface area contributed by atoms with Crippen LogP contribution in [-0.4, -0.2) is 31.2 Å². The molecule has 92 valence electrons. The zero-order valence-corrected chi connectivity index (χ0v) is 9.94. The summed E-state index contributed by atoms with van der Waals surface area (Å²) in [6.07, 6.45) is 0.853. The molecule has 0 spiro atoms. The van der Waals surface area contributed by atoms with Gasteiger partial charge in [0, 0.05) is 6.54 Å². The average Bonchev–Trinajstić information content (AvgIpc) is 2.28. The third-order valence-corrected chi connectivity index (χ3v) is 2.63. The number of nitrogens with two attached hydrogens (primary N) is 1. The first-order valence-electron chi connectivity index (χ1n) is 4.83. The number of aliphatic hydroxyl groups excluding tert-OH is 1. The van der Waals surface area contributed by atoms with Crippen LogP contribution in [-0.2, 0) is 16.5 Å². The van der Waals surface area contributed by atoms with Gasteiger partial charge in [0.2, 0.25) is 0 Å². The maximum absolute atomic E-state index is 10.6. The summed E-state index contributed by atoms with van der Waals surface area (Å²) in [7, 11) is -4.03. The molecule has 0 aliphatic rings. The topological polar surface area (TPSA) is 101 Å². The van der Waals surface area contributed by atoms with E-state index in [2.05, 4.69) is 0 Å². The van der Waals surface area contributed by atoms with Gasteiger partial charge in [0.05, 0.1) is 11.5 Å². The normalized spacial score (nSPS) is 10.5. The summed E-state index contributed by atoms with van der Waals surface area (Å²) in [5, 5.41) is 7.75. The van der Waals surface area contributed by atoms with E-state index in [0.717, 1.165) is 12.0 Å². The molecule has 0 radical (unpaired) electrons. The lowest BCUT2D eigenvalue weighted by Crippen LogP contribution is -2.02. The van der Waals surface area contributed by atoms with Crippen LogP contribution in [0, 0.1) is 0 Å². The van der Waals surface area contributed by atoms with Gasteiger partial charge in [-0.3, -0.25) is 4.55 Å². The van der Waals surface area contributed by atoms with Crippen LogP contribution in [0.3, 0.4) is 0 Å². The van der Waals surface area contributed by atoms with Gasteiger partial charge in [0.15, 0.2) is 0 Å². The van der Waals surface area contributed by atoms with E-state index in [1.165, 1.54) is 12.1 Å². The van der Waals surface area contributed by atoms with E-state index >= 15 is 0 Å². The molecule has 0 saturated heterocycles. The van der Waals surface area contributed by atoms with Crippen molar-refractivity contribution in [1.29, 1.82) is 0 Å². The van der Waals surface area contributed by atoms with E-state index in [1.54, 1.807) is 12.1 Å². The van der Waals surface area contributed by atoms with Crippen molar-refractivity contribution in [3.63, 3.8) is 0 Å². The molecule has 0 saturated carbocycles. The minimum atomic E-state index is -4.03. The highest BCUT2D eigenvalue weighted by atomic mass is 32.2. The molecule has 0 heterocycles. The van der Waals surface area contributed by atoms with Gasteiger partial charge in [-0.25, -0.2) is 0 Å². The molecule has 4 N–H and O–H groups in total.